The highest BCUT2D eigenvalue weighted by Gasteiger charge is 2.22. The van der Waals surface area contributed by atoms with Crippen LogP contribution in [0.15, 0.2) is 58.4 Å². The van der Waals surface area contributed by atoms with Crippen molar-refractivity contribution in [2.45, 2.75) is 103 Å². The number of guanidine groups is 1. The van der Waals surface area contributed by atoms with Crippen LogP contribution >= 0.6 is 11.6 Å². The van der Waals surface area contributed by atoms with E-state index in [1.54, 1.807) is 24.4 Å². The second kappa shape index (κ2) is 17.8. The highest BCUT2D eigenvalue weighted by molar-refractivity contribution is 6.30. The Bertz CT molecular complexity index is 1850. The number of carbonyl (C=O) groups is 1. The first kappa shape index (κ1) is 41.2. The van der Waals surface area contributed by atoms with Gasteiger partial charge in [0.05, 0.1) is 17.1 Å². The Labute approximate surface area is 304 Å². The van der Waals surface area contributed by atoms with Crippen molar-refractivity contribution < 1.29 is 14.3 Å². The number of nitrogens with two attached hydrogens (primary N) is 3. The van der Waals surface area contributed by atoms with E-state index < -0.39 is 11.7 Å². The van der Waals surface area contributed by atoms with Crippen molar-refractivity contribution in [1.29, 1.82) is 0 Å². The molecule has 0 aliphatic carbocycles. The summed E-state index contributed by atoms with van der Waals surface area (Å²) >= 11 is 5.97. The molecule has 0 unspecified atom stereocenters. The van der Waals surface area contributed by atoms with Gasteiger partial charge in [0.1, 0.15) is 11.5 Å². The number of aromatic amines is 1. The molecule has 4 aromatic rings. The Balaban J connectivity index is 0.000000330. The number of nitrogens with zero attached hydrogens (tertiary/aromatic N) is 3. The molecule has 0 saturated carbocycles. The number of halogens is 2. The fourth-order valence-electron chi connectivity index (χ4n) is 5.46. The van der Waals surface area contributed by atoms with E-state index >= 15 is 0 Å². The molecule has 2 heterocycles. The van der Waals surface area contributed by atoms with Crippen molar-refractivity contribution in [2.75, 3.05) is 13.1 Å². The molecular formula is C38H54ClFN8O3. The van der Waals surface area contributed by atoms with Crippen LogP contribution in [0.2, 0.25) is 5.02 Å². The summed E-state index contributed by atoms with van der Waals surface area (Å²) in [5.41, 5.74) is 20.4. The maximum absolute atomic E-state index is 14.0. The third-order valence-corrected chi connectivity index (χ3v) is 8.58. The lowest BCUT2D eigenvalue weighted by atomic mass is 9.85. The number of aliphatic imine (C=N–C) groups is 1. The van der Waals surface area contributed by atoms with Gasteiger partial charge < -0.3 is 32.6 Å². The predicted molar refractivity (Wildman–Crippen MR) is 205 cm³/mol. The van der Waals surface area contributed by atoms with Crippen LogP contribution in [0.5, 0.6) is 0 Å². The van der Waals surface area contributed by atoms with Gasteiger partial charge >= 0.3 is 11.7 Å². The lowest BCUT2D eigenvalue weighted by molar-refractivity contribution is -0.137. The van der Waals surface area contributed by atoms with E-state index in [2.05, 4.69) is 41.0 Å². The van der Waals surface area contributed by atoms with Crippen LogP contribution in [0.3, 0.4) is 0 Å². The minimum absolute atomic E-state index is 0.0323. The number of hydrogen-bond donors (Lipinski definition) is 6. The fraction of sp³-hybridized carbons (Fsp3) is 0.474. The third kappa shape index (κ3) is 12.5. The first-order chi connectivity index (χ1) is 23.8. The molecule has 9 N–H and O–H groups in total. The van der Waals surface area contributed by atoms with Gasteiger partial charge in [-0.1, -0.05) is 71.3 Å². The molecule has 2 atom stereocenters. The second-order valence-corrected chi connectivity index (χ2v) is 15.5. The summed E-state index contributed by atoms with van der Waals surface area (Å²) in [7, 11) is 0. The van der Waals surface area contributed by atoms with Crippen molar-refractivity contribution in [2.24, 2.45) is 22.2 Å². The molecule has 0 radical (unpaired) electrons. The standard InChI is InChI=1S/C23H31N7O3.C15H23ClFN/c1-23(2,3)18-11-15-13-30(22(33)29-20(15)28-18)16-7-5-14(6-8-16)17(12-19(31)32)26-9-4-10-27-21(24)25;1-10(18)6-5-7-11-8-12(15(2,3)4)14(17)13(16)9-11/h5-8,11,13,17,26H,4,9-10,12H2,1-3H3,(H,31,32)(H4,24,25,27)(H,28,29,33);8-10H,5-7,18H2,1-4H3/t17-;10-/m00/s1. The van der Waals surface area contributed by atoms with Gasteiger partial charge in [-0.05, 0) is 85.5 Å². The van der Waals surface area contributed by atoms with Gasteiger partial charge in [0.25, 0.3) is 0 Å². The monoisotopic (exact) mass is 724 g/mol. The molecule has 0 amide bonds. The Hall–Kier alpha value is -4.26. The molecule has 0 fully saturated rings. The molecular weight excluding hydrogens is 671 g/mol. The number of rotatable bonds is 13. The molecule has 0 aliphatic rings. The molecule has 0 aliphatic heterocycles. The first-order valence-corrected chi connectivity index (χ1v) is 17.6. The van der Waals surface area contributed by atoms with Crippen LogP contribution in [-0.2, 0) is 22.0 Å². The van der Waals surface area contributed by atoms with Gasteiger partial charge in [-0.2, -0.15) is 4.98 Å². The van der Waals surface area contributed by atoms with E-state index in [9.17, 15) is 19.1 Å². The quantitative estimate of drug-likeness (QED) is 0.0531. The van der Waals surface area contributed by atoms with Crippen molar-refractivity contribution in [1.82, 2.24) is 19.9 Å². The van der Waals surface area contributed by atoms with Crippen LogP contribution in [0, 0.1) is 5.82 Å². The SMILES string of the molecule is CC(C)(C)c1cc2cn(-c3ccc([C@H](CC(=O)O)NCCCN=C(N)N)cc3)c(=O)nc2[nH]1.C[C@H](N)CCCc1cc(Cl)c(F)c(C(C)(C)C)c1. The van der Waals surface area contributed by atoms with Crippen LogP contribution in [0.25, 0.3) is 16.7 Å². The van der Waals surface area contributed by atoms with Gasteiger partial charge in [-0.3, -0.25) is 14.4 Å². The van der Waals surface area contributed by atoms with Gasteiger partial charge in [0, 0.05) is 41.3 Å². The van der Waals surface area contributed by atoms with Gasteiger partial charge in [0.2, 0.25) is 0 Å². The van der Waals surface area contributed by atoms with Crippen LogP contribution in [-0.4, -0.2) is 50.7 Å². The molecule has 11 nitrogen and oxygen atoms in total. The van der Waals surface area contributed by atoms with E-state index in [1.165, 1.54) is 4.57 Å². The third-order valence-electron chi connectivity index (χ3n) is 8.31. The Morgan fingerprint density at radius 3 is 2.31 bits per heavy atom. The Morgan fingerprint density at radius 2 is 1.75 bits per heavy atom. The van der Waals surface area contributed by atoms with Gasteiger partial charge in [-0.15, -0.1) is 0 Å². The average molecular weight is 725 g/mol. The largest absolute Gasteiger partial charge is 0.481 e. The van der Waals surface area contributed by atoms with Gasteiger partial charge in [-0.25, -0.2) is 9.18 Å². The molecule has 278 valence electrons. The lowest BCUT2D eigenvalue weighted by Crippen LogP contribution is -2.26. The topological polar surface area (TPSA) is 190 Å². The number of hydrogen-bond acceptors (Lipinski definition) is 6. The predicted octanol–water partition coefficient (Wildman–Crippen LogP) is 6.23. The molecule has 2 aromatic carbocycles. The average Bonchev–Trinajstić information content (AvgIpc) is 3.45. The highest BCUT2D eigenvalue weighted by Crippen LogP contribution is 2.31. The Morgan fingerprint density at radius 1 is 1.08 bits per heavy atom. The van der Waals surface area contributed by atoms with Crippen LogP contribution in [0.4, 0.5) is 4.39 Å². The number of carboxylic acid groups (broad SMARTS) is 1. The summed E-state index contributed by atoms with van der Waals surface area (Å²) in [5, 5.41) is 13.6. The van der Waals surface area contributed by atoms with Crippen molar-refractivity contribution in [3.63, 3.8) is 0 Å². The molecule has 2 aromatic heterocycles. The number of aryl methyl sites for hydroxylation is 1. The molecule has 4 rings (SSSR count). The van der Waals surface area contributed by atoms with E-state index in [0.29, 0.717) is 36.4 Å². The Kier molecular flexibility index (Phi) is 14.4. The maximum atomic E-state index is 14.0. The van der Waals surface area contributed by atoms with E-state index in [1.807, 2.05) is 52.0 Å². The van der Waals surface area contributed by atoms with E-state index in [4.69, 9.17) is 28.8 Å². The van der Waals surface area contributed by atoms with E-state index in [-0.39, 0.29) is 46.1 Å². The minimum Gasteiger partial charge on any atom is -0.481 e. The highest BCUT2D eigenvalue weighted by atomic mass is 35.5. The number of H-pyrrole nitrogens is 1. The molecule has 0 saturated heterocycles. The lowest BCUT2D eigenvalue weighted by Gasteiger charge is -2.21. The smallest absolute Gasteiger partial charge is 0.354 e. The number of nitrogens with one attached hydrogen (secondary N) is 2. The second-order valence-electron chi connectivity index (χ2n) is 15.0. The number of aliphatic carboxylic acids is 1. The van der Waals surface area contributed by atoms with E-state index in [0.717, 1.165) is 41.5 Å². The van der Waals surface area contributed by atoms with Crippen molar-refractivity contribution >= 4 is 34.6 Å². The van der Waals surface area contributed by atoms with Crippen molar-refractivity contribution in [3.05, 3.63) is 92.4 Å². The van der Waals surface area contributed by atoms with Crippen LogP contribution in [0.1, 0.15) is 103 Å². The summed E-state index contributed by atoms with van der Waals surface area (Å²) in [4.78, 5) is 35.3. The maximum Gasteiger partial charge on any atom is 0.354 e. The summed E-state index contributed by atoms with van der Waals surface area (Å²) in [5.74, 6) is -1.17. The minimum atomic E-state index is -0.909. The summed E-state index contributed by atoms with van der Waals surface area (Å²) in [6.07, 6.45) is 5.23. The zero-order valence-corrected chi connectivity index (χ0v) is 31.6. The normalized spacial score (nSPS) is 13.0. The number of fused-ring (bicyclic) bond motifs is 1. The van der Waals surface area contributed by atoms with Crippen LogP contribution < -0.4 is 28.2 Å². The molecule has 0 spiro atoms. The zero-order valence-electron chi connectivity index (χ0n) is 30.8. The zero-order chi connectivity index (χ0) is 38.1. The number of benzene rings is 2. The van der Waals surface area contributed by atoms with Gasteiger partial charge in [0.15, 0.2) is 5.96 Å². The molecule has 0 bridgehead atoms. The summed E-state index contributed by atoms with van der Waals surface area (Å²) < 4.78 is 15.5. The summed E-state index contributed by atoms with van der Waals surface area (Å²) in [6.45, 7) is 15.3. The summed E-state index contributed by atoms with van der Waals surface area (Å²) in [6, 6.07) is 12.7. The fourth-order valence-corrected chi connectivity index (χ4v) is 5.70. The first-order valence-electron chi connectivity index (χ1n) is 17.2. The molecule has 13 heteroatoms. The number of aromatic nitrogens is 3. The van der Waals surface area contributed by atoms with Crippen molar-refractivity contribution in [3.8, 4) is 5.69 Å². The molecule has 51 heavy (non-hydrogen) atoms. The number of carboxylic acids is 1.